The second kappa shape index (κ2) is 4.98. The molecule has 0 aliphatic carbocycles. The van der Waals surface area contributed by atoms with Crippen LogP contribution < -0.4 is 5.32 Å². The minimum atomic E-state index is -0.104. The Bertz CT molecular complexity index is 366. The minimum Gasteiger partial charge on any atom is -0.369 e. The maximum atomic E-state index is 11.6. The van der Waals surface area contributed by atoms with Crippen molar-refractivity contribution in [3.8, 4) is 0 Å². The van der Waals surface area contributed by atoms with Gasteiger partial charge in [-0.3, -0.25) is 4.79 Å². The Morgan fingerprint density at radius 3 is 2.73 bits per heavy atom. The Morgan fingerprint density at radius 1 is 1.60 bits per heavy atom. The Balaban J connectivity index is 2.96. The van der Waals surface area contributed by atoms with E-state index in [9.17, 15) is 4.79 Å². The van der Waals surface area contributed by atoms with Crippen LogP contribution in [0.4, 0.5) is 5.82 Å². The molecule has 0 aliphatic rings. The Morgan fingerprint density at radius 2 is 2.27 bits per heavy atom. The third kappa shape index (κ3) is 2.83. The van der Waals surface area contributed by atoms with Crippen LogP contribution in [0.2, 0.25) is 5.02 Å². The average Bonchev–Trinajstić information content (AvgIpc) is 2.20. The molecule has 0 spiro atoms. The third-order valence-corrected chi connectivity index (χ3v) is 2.13. The molecule has 5 heteroatoms. The number of nitrogens with zero attached hydrogens (tertiary/aromatic N) is 2. The van der Waals surface area contributed by atoms with Crippen molar-refractivity contribution in [2.45, 2.75) is 6.92 Å². The van der Waals surface area contributed by atoms with Gasteiger partial charge >= 0.3 is 0 Å². The van der Waals surface area contributed by atoms with Crippen LogP contribution in [-0.2, 0) is 0 Å². The fraction of sp³-hybridized carbons (Fsp3) is 0.400. The first-order valence-electron chi connectivity index (χ1n) is 4.67. The highest BCUT2D eigenvalue weighted by Gasteiger charge is 2.10. The molecule has 0 atom stereocenters. The number of halogens is 1. The predicted octanol–water partition coefficient (Wildman–Crippen LogP) is 1.87. The zero-order valence-corrected chi connectivity index (χ0v) is 9.80. The quantitative estimate of drug-likeness (QED) is 0.858. The standard InChI is InChI=1S/C10H14ClN3O/c1-4-12-9-8(11)5-7(6-13-9)10(15)14(2)3/h5-6H,4H2,1-3H3,(H,12,13). The van der Waals surface area contributed by atoms with Crippen molar-refractivity contribution in [3.63, 3.8) is 0 Å². The lowest BCUT2D eigenvalue weighted by molar-refractivity contribution is 0.0827. The molecule has 1 amide bonds. The molecule has 15 heavy (non-hydrogen) atoms. The van der Waals surface area contributed by atoms with Crippen LogP contribution in [0.1, 0.15) is 17.3 Å². The minimum absolute atomic E-state index is 0.104. The van der Waals surface area contributed by atoms with Crippen molar-refractivity contribution in [2.75, 3.05) is 26.0 Å². The maximum absolute atomic E-state index is 11.6. The van der Waals surface area contributed by atoms with Crippen LogP contribution in [-0.4, -0.2) is 36.4 Å². The van der Waals surface area contributed by atoms with Crippen LogP contribution in [0.15, 0.2) is 12.3 Å². The van der Waals surface area contributed by atoms with Gasteiger partial charge in [0.25, 0.3) is 5.91 Å². The van der Waals surface area contributed by atoms with Gasteiger partial charge in [-0.2, -0.15) is 0 Å². The van der Waals surface area contributed by atoms with E-state index < -0.39 is 0 Å². The molecule has 82 valence electrons. The second-order valence-electron chi connectivity index (χ2n) is 3.28. The van der Waals surface area contributed by atoms with Gasteiger partial charge in [0.15, 0.2) is 0 Å². The van der Waals surface area contributed by atoms with Crippen molar-refractivity contribution in [1.82, 2.24) is 9.88 Å². The highest BCUT2D eigenvalue weighted by molar-refractivity contribution is 6.33. The van der Waals surface area contributed by atoms with Crippen molar-refractivity contribution in [1.29, 1.82) is 0 Å². The molecule has 1 heterocycles. The molecular weight excluding hydrogens is 214 g/mol. The predicted molar refractivity (Wildman–Crippen MR) is 61.4 cm³/mol. The Labute approximate surface area is 94.3 Å². The van der Waals surface area contributed by atoms with Gasteiger partial charge in [0.2, 0.25) is 0 Å². The highest BCUT2D eigenvalue weighted by atomic mass is 35.5. The molecular formula is C10H14ClN3O. The van der Waals surface area contributed by atoms with E-state index in [1.807, 2.05) is 6.92 Å². The fourth-order valence-electron chi connectivity index (χ4n) is 1.11. The molecule has 4 nitrogen and oxygen atoms in total. The molecule has 0 bridgehead atoms. The van der Waals surface area contributed by atoms with Crippen LogP contribution in [0.5, 0.6) is 0 Å². The van der Waals surface area contributed by atoms with Gasteiger partial charge in [0.05, 0.1) is 10.6 Å². The van der Waals surface area contributed by atoms with E-state index in [1.165, 1.54) is 11.1 Å². The van der Waals surface area contributed by atoms with Crippen LogP contribution in [0, 0.1) is 0 Å². The number of carbonyl (C=O) groups is 1. The number of aromatic nitrogens is 1. The Hall–Kier alpha value is -1.29. The van der Waals surface area contributed by atoms with Crippen LogP contribution in [0.25, 0.3) is 0 Å². The summed E-state index contributed by atoms with van der Waals surface area (Å²) in [6.07, 6.45) is 1.52. The molecule has 0 saturated heterocycles. The third-order valence-electron chi connectivity index (χ3n) is 1.84. The van der Waals surface area contributed by atoms with Gasteiger partial charge in [-0.15, -0.1) is 0 Å². The first-order valence-corrected chi connectivity index (χ1v) is 5.05. The average molecular weight is 228 g/mol. The lowest BCUT2D eigenvalue weighted by Crippen LogP contribution is -2.21. The zero-order chi connectivity index (χ0) is 11.4. The van der Waals surface area contributed by atoms with Crippen molar-refractivity contribution in [3.05, 3.63) is 22.8 Å². The number of pyridine rings is 1. The first kappa shape index (κ1) is 11.8. The molecule has 1 rings (SSSR count). The molecule has 1 N–H and O–H groups in total. The zero-order valence-electron chi connectivity index (χ0n) is 9.04. The normalized spacial score (nSPS) is 9.87. The molecule has 0 fully saturated rings. The summed E-state index contributed by atoms with van der Waals surface area (Å²) in [7, 11) is 3.38. The number of nitrogens with one attached hydrogen (secondary N) is 1. The van der Waals surface area contributed by atoms with Crippen molar-refractivity contribution >= 4 is 23.3 Å². The summed E-state index contributed by atoms with van der Waals surface area (Å²) in [5, 5.41) is 3.47. The van der Waals surface area contributed by atoms with Crippen LogP contribution in [0.3, 0.4) is 0 Å². The number of carbonyl (C=O) groups excluding carboxylic acids is 1. The van der Waals surface area contributed by atoms with E-state index >= 15 is 0 Å². The van der Waals surface area contributed by atoms with Gasteiger partial charge in [0.1, 0.15) is 5.82 Å². The molecule has 1 aromatic heterocycles. The molecule has 0 unspecified atom stereocenters. The topological polar surface area (TPSA) is 45.2 Å². The summed E-state index contributed by atoms with van der Waals surface area (Å²) >= 11 is 5.96. The largest absolute Gasteiger partial charge is 0.369 e. The molecule has 0 radical (unpaired) electrons. The molecule has 0 aliphatic heterocycles. The van der Waals surface area contributed by atoms with E-state index in [0.29, 0.717) is 16.4 Å². The van der Waals surface area contributed by atoms with Gasteiger partial charge < -0.3 is 10.2 Å². The summed E-state index contributed by atoms with van der Waals surface area (Å²) in [4.78, 5) is 17.1. The van der Waals surface area contributed by atoms with E-state index in [1.54, 1.807) is 20.2 Å². The number of rotatable bonds is 3. The van der Waals surface area contributed by atoms with Gasteiger partial charge in [0, 0.05) is 26.8 Å². The Kier molecular flexibility index (Phi) is 3.91. The van der Waals surface area contributed by atoms with Crippen LogP contribution >= 0.6 is 11.6 Å². The number of amides is 1. The monoisotopic (exact) mass is 227 g/mol. The van der Waals surface area contributed by atoms with E-state index in [-0.39, 0.29) is 5.91 Å². The smallest absolute Gasteiger partial charge is 0.254 e. The molecule has 0 aromatic carbocycles. The fourth-order valence-corrected chi connectivity index (χ4v) is 1.34. The lowest BCUT2D eigenvalue weighted by atomic mass is 10.2. The van der Waals surface area contributed by atoms with Gasteiger partial charge in [-0.05, 0) is 13.0 Å². The molecule has 0 saturated carbocycles. The lowest BCUT2D eigenvalue weighted by Gasteiger charge is -2.11. The van der Waals surface area contributed by atoms with Gasteiger partial charge in [-0.25, -0.2) is 4.98 Å². The number of hydrogen-bond donors (Lipinski definition) is 1. The van der Waals surface area contributed by atoms with Crippen molar-refractivity contribution in [2.24, 2.45) is 0 Å². The first-order chi connectivity index (χ1) is 7.06. The van der Waals surface area contributed by atoms with E-state index in [0.717, 1.165) is 6.54 Å². The van der Waals surface area contributed by atoms with Crippen molar-refractivity contribution < 1.29 is 4.79 Å². The SMILES string of the molecule is CCNc1ncc(C(=O)N(C)C)cc1Cl. The summed E-state index contributed by atoms with van der Waals surface area (Å²) in [5.41, 5.74) is 0.492. The highest BCUT2D eigenvalue weighted by Crippen LogP contribution is 2.20. The maximum Gasteiger partial charge on any atom is 0.254 e. The summed E-state index contributed by atoms with van der Waals surface area (Å²) in [6, 6.07) is 1.62. The van der Waals surface area contributed by atoms with Gasteiger partial charge in [-0.1, -0.05) is 11.6 Å². The number of hydrogen-bond acceptors (Lipinski definition) is 3. The van der Waals surface area contributed by atoms with E-state index in [2.05, 4.69) is 10.3 Å². The number of anilines is 1. The summed E-state index contributed by atoms with van der Waals surface area (Å²) in [5.74, 6) is 0.502. The molecule has 1 aromatic rings. The second-order valence-corrected chi connectivity index (χ2v) is 3.69. The summed E-state index contributed by atoms with van der Waals surface area (Å²) in [6.45, 7) is 2.70. The van der Waals surface area contributed by atoms with E-state index in [4.69, 9.17) is 11.6 Å². The summed E-state index contributed by atoms with van der Waals surface area (Å²) < 4.78 is 0.